The predicted octanol–water partition coefficient (Wildman–Crippen LogP) is 2.82. The number of aliphatic imine (C=N–C) groups is 1. The second-order valence-corrected chi connectivity index (χ2v) is 9.56. The zero-order valence-corrected chi connectivity index (χ0v) is 19.2. The fraction of sp³-hybridized carbons (Fsp3) is 0.304. The summed E-state index contributed by atoms with van der Waals surface area (Å²) in [4.78, 5) is 8.91. The Hall–Kier alpha value is -3.13. The topological polar surface area (TPSA) is 88.4 Å². The zero-order valence-electron chi connectivity index (χ0n) is 18.4. The van der Waals surface area contributed by atoms with Gasteiger partial charge in [0.2, 0.25) is 0 Å². The average Bonchev–Trinajstić information content (AvgIpc) is 3.12. The molecule has 0 unspecified atom stereocenters. The van der Waals surface area contributed by atoms with Gasteiger partial charge in [0.15, 0.2) is 15.8 Å². The summed E-state index contributed by atoms with van der Waals surface area (Å²) in [6, 6.07) is 13.8. The molecule has 0 fully saturated rings. The van der Waals surface area contributed by atoms with Gasteiger partial charge in [-0.2, -0.15) is 0 Å². The summed E-state index contributed by atoms with van der Waals surface area (Å²) in [6.07, 6.45) is 5.02. The number of benzene rings is 2. The van der Waals surface area contributed by atoms with Crippen LogP contribution in [0, 0.1) is 13.8 Å². The Bertz CT molecular complexity index is 1180. The van der Waals surface area contributed by atoms with Crippen LogP contribution in [-0.2, 0) is 29.5 Å². The first-order valence-corrected chi connectivity index (χ1v) is 11.9. The third-order valence-electron chi connectivity index (χ3n) is 5.05. The highest BCUT2D eigenvalue weighted by Crippen LogP contribution is 2.16. The highest BCUT2D eigenvalue weighted by Gasteiger charge is 2.11. The van der Waals surface area contributed by atoms with E-state index in [1.54, 1.807) is 13.1 Å². The van der Waals surface area contributed by atoms with E-state index in [-0.39, 0.29) is 0 Å². The van der Waals surface area contributed by atoms with Gasteiger partial charge < -0.3 is 15.2 Å². The molecule has 1 aromatic heterocycles. The van der Waals surface area contributed by atoms with Crippen molar-refractivity contribution in [2.75, 3.05) is 13.3 Å². The predicted molar refractivity (Wildman–Crippen MR) is 124 cm³/mol. The van der Waals surface area contributed by atoms with Crippen LogP contribution >= 0.6 is 0 Å². The van der Waals surface area contributed by atoms with Crippen LogP contribution in [0.25, 0.3) is 0 Å². The van der Waals surface area contributed by atoms with E-state index in [1.807, 2.05) is 38.4 Å². The Morgan fingerprint density at radius 3 is 2.29 bits per heavy atom. The molecule has 7 nitrogen and oxygen atoms in total. The number of imidazole rings is 1. The molecule has 3 rings (SSSR count). The van der Waals surface area contributed by atoms with Crippen LogP contribution in [-0.4, -0.2) is 37.2 Å². The summed E-state index contributed by atoms with van der Waals surface area (Å²) >= 11 is 0. The van der Waals surface area contributed by atoms with Crippen molar-refractivity contribution in [1.82, 2.24) is 20.2 Å². The van der Waals surface area contributed by atoms with Crippen LogP contribution in [0.4, 0.5) is 0 Å². The lowest BCUT2D eigenvalue weighted by atomic mass is 10.1. The molecule has 0 bridgehead atoms. The first kappa shape index (κ1) is 22.6. The van der Waals surface area contributed by atoms with Gasteiger partial charge in [-0.05, 0) is 42.2 Å². The van der Waals surface area contributed by atoms with Crippen molar-refractivity contribution in [3.8, 4) is 0 Å². The summed E-state index contributed by atoms with van der Waals surface area (Å²) in [6.45, 7) is 5.78. The molecule has 8 heteroatoms. The lowest BCUT2D eigenvalue weighted by molar-refractivity contribution is 0.601. The number of sulfone groups is 1. The van der Waals surface area contributed by atoms with Gasteiger partial charge in [-0.25, -0.2) is 13.4 Å². The van der Waals surface area contributed by atoms with E-state index in [0.717, 1.165) is 29.1 Å². The van der Waals surface area contributed by atoms with Crippen molar-refractivity contribution >= 4 is 15.8 Å². The fourth-order valence-corrected chi connectivity index (χ4v) is 4.39. The minimum atomic E-state index is -3.21. The zero-order chi connectivity index (χ0) is 22.4. The highest BCUT2D eigenvalue weighted by atomic mass is 32.2. The second-order valence-electron chi connectivity index (χ2n) is 7.57. The van der Waals surface area contributed by atoms with Crippen molar-refractivity contribution in [3.63, 3.8) is 0 Å². The number of aromatic nitrogens is 2. The summed E-state index contributed by atoms with van der Waals surface area (Å²) < 4.78 is 25.7. The first-order valence-electron chi connectivity index (χ1n) is 10.1. The minimum absolute atomic E-state index is 0.365. The van der Waals surface area contributed by atoms with Gasteiger partial charge >= 0.3 is 0 Å². The van der Waals surface area contributed by atoms with E-state index in [4.69, 9.17) is 0 Å². The quantitative estimate of drug-likeness (QED) is 0.437. The molecule has 0 aliphatic heterocycles. The molecule has 0 aliphatic carbocycles. The van der Waals surface area contributed by atoms with Crippen LogP contribution in [0.5, 0.6) is 0 Å². The Morgan fingerprint density at radius 1 is 1.03 bits per heavy atom. The van der Waals surface area contributed by atoms with Crippen LogP contribution < -0.4 is 10.6 Å². The fourth-order valence-electron chi connectivity index (χ4n) is 3.44. The van der Waals surface area contributed by atoms with Gasteiger partial charge in [0.05, 0.1) is 4.90 Å². The van der Waals surface area contributed by atoms with Gasteiger partial charge in [0.1, 0.15) is 5.82 Å². The third-order valence-corrected chi connectivity index (χ3v) is 6.31. The largest absolute Gasteiger partial charge is 0.352 e. The molecule has 1 heterocycles. The maximum Gasteiger partial charge on any atom is 0.191 e. The molecule has 2 aromatic carbocycles. The summed E-state index contributed by atoms with van der Waals surface area (Å²) in [5.41, 5.74) is 4.11. The van der Waals surface area contributed by atoms with Crippen molar-refractivity contribution in [2.24, 2.45) is 4.99 Å². The standard InChI is InChI=1S/C23H29N5O2S/c1-17-12-20(8-9-22(17)31(4,29)30)15-27-23(24-3)26-14-19-6-5-7-21(13-19)16-28-11-10-25-18(28)2/h5-13H,14-16H2,1-4H3,(H2,24,26,27). The van der Waals surface area contributed by atoms with E-state index in [1.165, 1.54) is 11.8 Å². The molecule has 0 amide bonds. The second kappa shape index (κ2) is 9.78. The molecule has 0 saturated heterocycles. The van der Waals surface area contributed by atoms with Crippen molar-refractivity contribution in [2.45, 2.75) is 38.4 Å². The molecule has 0 atom stereocenters. The van der Waals surface area contributed by atoms with Crippen molar-refractivity contribution < 1.29 is 8.42 Å². The van der Waals surface area contributed by atoms with Gasteiger partial charge in [0.25, 0.3) is 0 Å². The van der Waals surface area contributed by atoms with E-state index in [0.29, 0.717) is 23.9 Å². The lowest BCUT2D eigenvalue weighted by Gasteiger charge is -2.14. The van der Waals surface area contributed by atoms with E-state index in [9.17, 15) is 8.42 Å². The van der Waals surface area contributed by atoms with Crippen LogP contribution in [0.2, 0.25) is 0 Å². The molecule has 31 heavy (non-hydrogen) atoms. The smallest absolute Gasteiger partial charge is 0.191 e. The summed E-state index contributed by atoms with van der Waals surface area (Å²) in [7, 11) is -1.48. The van der Waals surface area contributed by atoms with Gasteiger partial charge in [-0.3, -0.25) is 4.99 Å². The highest BCUT2D eigenvalue weighted by molar-refractivity contribution is 7.90. The van der Waals surface area contributed by atoms with Crippen molar-refractivity contribution in [3.05, 3.63) is 82.9 Å². The minimum Gasteiger partial charge on any atom is -0.352 e. The molecule has 3 aromatic rings. The Balaban J connectivity index is 1.57. The maximum atomic E-state index is 11.8. The molecule has 0 aliphatic rings. The monoisotopic (exact) mass is 439 g/mol. The van der Waals surface area contributed by atoms with E-state index < -0.39 is 9.84 Å². The molecule has 164 valence electrons. The molecular formula is C23H29N5O2S. The number of nitrogens with zero attached hydrogens (tertiary/aromatic N) is 3. The molecular weight excluding hydrogens is 410 g/mol. The normalized spacial score (nSPS) is 12.1. The number of guanidine groups is 1. The Kier molecular flexibility index (Phi) is 7.12. The first-order chi connectivity index (χ1) is 14.8. The van der Waals surface area contributed by atoms with Crippen LogP contribution in [0.15, 0.2) is 64.7 Å². The average molecular weight is 440 g/mol. The van der Waals surface area contributed by atoms with Gasteiger partial charge in [0, 0.05) is 45.3 Å². The number of aryl methyl sites for hydroxylation is 2. The van der Waals surface area contributed by atoms with Crippen molar-refractivity contribution in [1.29, 1.82) is 0 Å². The Labute approximate surface area is 184 Å². The van der Waals surface area contributed by atoms with E-state index in [2.05, 4.69) is 49.4 Å². The number of hydrogen-bond acceptors (Lipinski definition) is 4. The number of nitrogens with one attached hydrogen (secondary N) is 2. The lowest BCUT2D eigenvalue weighted by Crippen LogP contribution is -2.36. The molecule has 2 N–H and O–H groups in total. The Morgan fingerprint density at radius 2 is 1.71 bits per heavy atom. The van der Waals surface area contributed by atoms with Crippen LogP contribution in [0.3, 0.4) is 0 Å². The molecule has 0 spiro atoms. The molecule has 0 saturated carbocycles. The maximum absolute atomic E-state index is 11.8. The van der Waals surface area contributed by atoms with Gasteiger partial charge in [-0.1, -0.05) is 36.4 Å². The number of rotatable bonds is 7. The SMILES string of the molecule is CN=C(NCc1cccc(Cn2ccnc2C)c1)NCc1ccc(S(C)(=O)=O)c(C)c1. The number of hydrogen-bond donors (Lipinski definition) is 2. The summed E-state index contributed by atoms with van der Waals surface area (Å²) in [5.74, 6) is 1.67. The van der Waals surface area contributed by atoms with Crippen LogP contribution in [0.1, 0.15) is 28.1 Å². The van der Waals surface area contributed by atoms with Gasteiger partial charge in [-0.15, -0.1) is 0 Å². The third kappa shape index (κ3) is 6.18. The molecule has 0 radical (unpaired) electrons. The van der Waals surface area contributed by atoms with E-state index >= 15 is 0 Å². The summed E-state index contributed by atoms with van der Waals surface area (Å²) in [5, 5.41) is 6.60.